The van der Waals surface area contributed by atoms with Crippen LogP contribution in [0.15, 0.2) is 24.3 Å². The smallest absolute Gasteiger partial charge is 0.157 e. The van der Waals surface area contributed by atoms with Crippen LogP contribution in [0.25, 0.3) is 0 Å². The van der Waals surface area contributed by atoms with Gasteiger partial charge in [0.1, 0.15) is 5.75 Å². The van der Waals surface area contributed by atoms with Crippen molar-refractivity contribution < 1.29 is 9.53 Å². The quantitative estimate of drug-likeness (QED) is 0.836. The van der Waals surface area contributed by atoms with Crippen molar-refractivity contribution >= 4 is 11.5 Å². The highest BCUT2D eigenvalue weighted by Gasteiger charge is 2.33. The second kappa shape index (κ2) is 5.24. The number of anilines is 1. The summed E-state index contributed by atoms with van der Waals surface area (Å²) in [7, 11) is 0. The van der Waals surface area contributed by atoms with E-state index in [1.165, 1.54) is 0 Å². The molecule has 0 unspecified atom stereocenters. The van der Waals surface area contributed by atoms with Crippen molar-refractivity contribution in [3.63, 3.8) is 0 Å². The van der Waals surface area contributed by atoms with Crippen molar-refractivity contribution in [2.24, 2.45) is 5.41 Å². The average Bonchev–Trinajstić information content (AvgIpc) is 2.33. The van der Waals surface area contributed by atoms with Gasteiger partial charge in [0.05, 0.1) is 12.6 Å². The first-order valence-electron chi connectivity index (χ1n) is 6.93. The highest BCUT2D eigenvalue weighted by Crippen LogP contribution is 2.30. The molecule has 1 fully saturated rings. The van der Waals surface area contributed by atoms with Crippen LogP contribution in [0, 0.1) is 5.41 Å². The lowest BCUT2D eigenvalue weighted by molar-refractivity contribution is -0.127. The van der Waals surface area contributed by atoms with Gasteiger partial charge in [0, 0.05) is 17.6 Å². The summed E-state index contributed by atoms with van der Waals surface area (Å²) in [6.45, 7) is 9.54. The van der Waals surface area contributed by atoms with Crippen molar-refractivity contribution in [2.45, 2.75) is 40.2 Å². The lowest BCUT2D eigenvalue weighted by Gasteiger charge is -2.36. The first-order chi connectivity index (χ1) is 8.88. The third-order valence-corrected chi connectivity index (χ3v) is 3.67. The summed E-state index contributed by atoms with van der Waals surface area (Å²) in [4.78, 5) is 14.2. The molecule has 1 saturated heterocycles. The SMILES string of the molecule is CC(C)Oc1ccc(N2CCC(C)(C)C(=O)C2)cc1. The number of Topliss-reactive ketones (excluding diaryl/α,β-unsaturated/α-hetero) is 1. The van der Waals surface area contributed by atoms with Crippen LogP contribution in [0.4, 0.5) is 5.69 Å². The van der Waals surface area contributed by atoms with E-state index in [4.69, 9.17) is 4.74 Å². The topological polar surface area (TPSA) is 29.5 Å². The monoisotopic (exact) mass is 261 g/mol. The maximum absolute atomic E-state index is 12.0. The molecule has 104 valence electrons. The summed E-state index contributed by atoms with van der Waals surface area (Å²) in [5.74, 6) is 1.20. The van der Waals surface area contributed by atoms with Crippen molar-refractivity contribution in [3.05, 3.63) is 24.3 Å². The van der Waals surface area contributed by atoms with E-state index >= 15 is 0 Å². The lowest BCUT2D eigenvalue weighted by Crippen LogP contribution is -2.45. The van der Waals surface area contributed by atoms with E-state index in [-0.39, 0.29) is 11.5 Å². The summed E-state index contributed by atoms with van der Waals surface area (Å²) in [6, 6.07) is 8.01. The molecule has 3 nitrogen and oxygen atoms in total. The van der Waals surface area contributed by atoms with Gasteiger partial charge in [-0.05, 0) is 44.5 Å². The van der Waals surface area contributed by atoms with E-state index in [2.05, 4.69) is 4.90 Å². The van der Waals surface area contributed by atoms with Crippen LogP contribution in [-0.4, -0.2) is 25.0 Å². The van der Waals surface area contributed by atoms with Gasteiger partial charge in [-0.3, -0.25) is 4.79 Å². The van der Waals surface area contributed by atoms with Crippen molar-refractivity contribution in [3.8, 4) is 5.75 Å². The van der Waals surface area contributed by atoms with Gasteiger partial charge in [0.2, 0.25) is 0 Å². The molecule has 0 atom stereocenters. The molecule has 0 N–H and O–H groups in total. The van der Waals surface area contributed by atoms with Crippen LogP contribution in [0.3, 0.4) is 0 Å². The van der Waals surface area contributed by atoms with Gasteiger partial charge in [0.15, 0.2) is 5.78 Å². The Bertz CT molecular complexity index is 448. The summed E-state index contributed by atoms with van der Waals surface area (Å²) < 4.78 is 5.63. The number of benzene rings is 1. The van der Waals surface area contributed by atoms with Gasteiger partial charge in [-0.25, -0.2) is 0 Å². The minimum absolute atomic E-state index is 0.169. The first-order valence-corrected chi connectivity index (χ1v) is 6.93. The number of carbonyl (C=O) groups is 1. The molecule has 0 radical (unpaired) electrons. The van der Waals surface area contributed by atoms with Gasteiger partial charge >= 0.3 is 0 Å². The fraction of sp³-hybridized carbons (Fsp3) is 0.562. The number of carbonyl (C=O) groups excluding carboxylic acids is 1. The zero-order chi connectivity index (χ0) is 14.0. The molecule has 19 heavy (non-hydrogen) atoms. The Labute approximate surface area is 115 Å². The first kappa shape index (κ1) is 13.9. The molecule has 0 aromatic heterocycles. The maximum atomic E-state index is 12.0. The van der Waals surface area contributed by atoms with Crippen molar-refractivity contribution in [1.29, 1.82) is 0 Å². The molecular weight excluding hydrogens is 238 g/mol. The Kier molecular flexibility index (Phi) is 3.83. The number of ketones is 1. The van der Waals surface area contributed by atoms with Crippen LogP contribution in [-0.2, 0) is 4.79 Å². The highest BCUT2D eigenvalue weighted by molar-refractivity contribution is 5.89. The average molecular weight is 261 g/mol. The molecule has 0 spiro atoms. The van der Waals surface area contributed by atoms with E-state index in [0.29, 0.717) is 12.3 Å². The summed E-state index contributed by atoms with van der Waals surface area (Å²) in [5, 5.41) is 0. The van der Waals surface area contributed by atoms with E-state index in [0.717, 1.165) is 24.4 Å². The third-order valence-electron chi connectivity index (χ3n) is 3.67. The van der Waals surface area contributed by atoms with Crippen LogP contribution < -0.4 is 9.64 Å². The van der Waals surface area contributed by atoms with E-state index in [9.17, 15) is 4.79 Å². The zero-order valence-corrected chi connectivity index (χ0v) is 12.3. The van der Waals surface area contributed by atoms with Gasteiger partial charge in [0.25, 0.3) is 0 Å². The van der Waals surface area contributed by atoms with E-state index < -0.39 is 0 Å². The molecule has 1 heterocycles. The number of piperidine rings is 1. The van der Waals surface area contributed by atoms with Crippen LogP contribution in [0.2, 0.25) is 0 Å². The largest absolute Gasteiger partial charge is 0.491 e. The summed E-state index contributed by atoms with van der Waals surface area (Å²) >= 11 is 0. The lowest BCUT2D eigenvalue weighted by atomic mass is 9.81. The van der Waals surface area contributed by atoms with E-state index in [1.54, 1.807) is 0 Å². The summed E-state index contributed by atoms with van der Waals surface area (Å²) in [6.07, 6.45) is 1.10. The van der Waals surface area contributed by atoms with Gasteiger partial charge in [-0.1, -0.05) is 13.8 Å². The van der Waals surface area contributed by atoms with Crippen LogP contribution in [0.5, 0.6) is 5.75 Å². The number of hydrogen-bond acceptors (Lipinski definition) is 3. The fourth-order valence-corrected chi connectivity index (χ4v) is 2.25. The molecular formula is C16H23NO2. The van der Waals surface area contributed by atoms with Gasteiger partial charge < -0.3 is 9.64 Å². The van der Waals surface area contributed by atoms with Gasteiger partial charge in [-0.2, -0.15) is 0 Å². The Morgan fingerprint density at radius 2 is 1.84 bits per heavy atom. The molecule has 1 aliphatic heterocycles. The second-order valence-electron chi connectivity index (χ2n) is 6.14. The number of hydrogen-bond donors (Lipinski definition) is 0. The van der Waals surface area contributed by atoms with Crippen LogP contribution >= 0.6 is 0 Å². The molecule has 0 amide bonds. The summed E-state index contributed by atoms with van der Waals surface area (Å²) in [5.41, 5.74) is 0.928. The minimum atomic E-state index is -0.169. The Morgan fingerprint density at radius 1 is 1.21 bits per heavy atom. The molecule has 0 bridgehead atoms. The molecule has 3 heteroatoms. The zero-order valence-electron chi connectivity index (χ0n) is 12.3. The number of rotatable bonds is 3. The van der Waals surface area contributed by atoms with E-state index in [1.807, 2.05) is 52.0 Å². The van der Waals surface area contributed by atoms with Gasteiger partial charge in [-0.15, -0.1) is 0 Å². The maximum Gasteiger partial charge on any atom is 0.157 e. The molecule has 1 aliphatic rings. The molecule has 2 rings (SSSR count). The fourth-order valence-electron chi connectivity index (χ4n) is 2.25. The highest BCUT2D eigenvalue weighted by atomic mass is 16.5. The predicted molar refractivity (Wildman–Crippen MR) is 77.8 cm³/mol. The molecule has 0 aliphatic carbocycles. The number of ether oxygens (including phenoxy) is 1. The standard InChI is InChI=1S/C16H23NO2/c1-12(2)19-14-7-5-13(6-8-14)17-10-9-16(3,4)15(18)11-17/h5-8,12H,9-11H2,1-4H3. The Hall–Kier alpha value is -1.51. The normalized spacial score (nSPS) is 18.8. The van der Waals surface area contributed by atoms with Crippen molar-refractivity contribution in [2.75, 3.05) is 18.0 Å². The second-order valence-corrected chi connectivity index (χ2v) is 6.14. The Balaban J connectivity index is 2.05. The Morgan fingerprint density at radius 3 is 2.37 bits per heavy atom. The minimum Gasteiger partial charge on any atom is -0.491 e. The number of nitrogens with zero attached hydrogens (tertiary/aromatic N) is 1. The van der Waals surface area contributed by atoms with Crippen molar-refractivity contribution in [1.82, 2.24) is 0 Å². The molecule has 1 aromatic carbocycles. The predicted octanol–water partition coefficient (Wildman–Crippen LogP) is 3.28. The molecule has 0 saturated carbocycles. The molecule has 1 aromatic rings. The third kappa shape index (κ3) is 3.28. The van der Waals surface area contributed by atoms with Crippen LogP contribution in [0.1, 0.15) is 34.1 Å².